The van der Waals surface area contributed by atoms with Gasteiger partial charge in [0.1, 0.15) is 23.9 Å². The van der Waals surface area contributed by atoms with E-state index in [-0.39, 0.29) is 6.61 Å². The smallest absolute Gasteiger partial charge is 0.120 e. The number of methoxy groups -OCH3 is 1. The highest BCUT2D eigenvalue weighted by molar-refractivity contribution is 5.87. The van der Waals surface area contributed by atoms with Crippen LogP contribution in [0.5, 0.6) is 17.2 Å². The Hall–Kier alpha value is -4.26. The lowest BCUT2D eigenvalue weighted by atomic mass is 9.95. The van der Waals surface area contributed by atoms with Gasteiger partial charge in [-0.15, -0.1) is 0 Å². The van der Waals surface area contributed by atoms with Crippen LogP contribution in [0.4, 0.5) is 5.69 Å². The van der Waals surface area contributed by atoms with Gasteiger partial charge in [-0.2, -0.15) is 0 Å². The summed E-state index contributed by atoms with van der Waals surface area (Å²) < 4.78 is 23.4. The van der Waals surface area contributed by atoms with Gasteiger partial charge in [0.05, 0.1) is 33.5 Å². The molecule has 1 aliphatic carbocycles. The summed E-state index contributed by atoms with van der Waals surface area (Å²) in [6.07, 6.45) is 4.36. The van der Waals surface area contributed by atoms with Crippen LogP contribution in [0.15, 0.2) is 103 Å². The standard InChI is InChI=1S/C37H41NO5/c1-38(25-30-9-6-10-33(23-30)40-2)37-18-17-34(42-22-21-41-26-28-7-4-3-5-8-28)24-36(37)35(19-20-39)31-13-15-32(16-14-31)43-27-29-11-12-29/h3-10,13-19,23-24,29,39H,11-12,20-22,25-27H2,1-2H3/b35-19+. The predicted octanol–water partition coefficient (Wildman–Crippen LogP) is 7.14. The summed E-state index contributed by atoms with van der Waals surface area (Å²) in [7, 11) is 3.75. The summed E-state index contributed by atoms with van der Waals surface area (Å²) in [4.78, 5) is 2.20. The first-order valence-corrected chi connectivity index (χ1v) is 14.9. The van der Waals surface area contributed by atoms with Crippen molar-refractivity contribution in [2.24, 2.45) is 5.92 Å². The van der Waals surface area contributed by atoms with Gasteiger partial charge in [-0.1, -0.05) is 60.7 Å². The molecule has 1 aliphatic rings. The maximum absolute atomic E-state index is 10.1. The van der Waals surface area contributed by atoms with Crippen molar-refractivity contribution in [3.8, 4) is 17.2 Å². The number of anilines is 1. The first kappa shape index (κ1) is 30.2. The van der Waals surface area contributed by atoms with Gasteiger partial charge in [-0.05, 0) is 83.5 Å². The maximum atomic E-state index is 10.1. The quantitative estimate of drug-likeness (QED) is 0.142. The minimum absolute atomic E-state index is 0.0906. The van der Waals surface area contributed by atoms with E-state index in [1.807, 2.05) is 66.7 Å². The van der Waals surface area contributed by atoms with Crippen molar-refractivity contribution in [1.29, 1.82) is 0 Å². The van der Waals surface area contributed by atoms with E-state index in [4.69, 9.17) is 18.9 Å². The third-order valence-corrected chi connectivity index (χ3v) is 7.47. The largest absolute Gasteiger partial charge is 0.497 e. The zero-order valence-electron chi connectivity index (χ0n) is 25.1. The molecular formula is C37H41NO5. The minimum atomic E-state index is -0.0906. The predicted molar refractivity (Wildman–Crippen MR) is 172 cm³/mol. The fraction of sp³-hybridized carbons (Fsp3) is 0.297. The molecule has 1 N–H and O–H groups in total. The molecule has 0 aliphatic heterocycles. The maximum Gasteiger partial charge on any atom is 0.120 e. The highest BCUT2D eigenvalue weighted by atomic mass is 16.5. The van der Waals surface area contributed by atoms with Gasteiger partial charge in [-0.3, -0.25) is 0 Å². The lowest BCUT2D eigenvalue weighted by Gasteiger charge is -2.25. The van der Waals surface area contributed by atoms with Crippen LogP contribution in [-0.4, -0.2) is 45.7 Å². The van der Waals surface area contributed by atoms with E-state index in [0.717, 1.165) is 57.4 Å². The second-order valence-electron chi connectivity index (χ2n) is 10.9. The van der Waals surface area contributed by atoms with Crippen molar-refractivity contribution in [3.05, 3.63) is 125 Å². The van der Waals surface area contributed by atoms with E-state index < -0.39 is 0 Å². The molecule has 0 bridgehead atoms. The molecule has 6 nitrogen and oxygen atoms in total. The highest BCUT2D eigenvalue weighted by Gasteiger charge is 2.22. The highest BCUT2D eigenvalue weighted by Crippen LogP contribution is 2.36. The van der Waals surface area contributed by atoms with Crippen LogP contribution in [0, 0.1) is 5.92 Å². The van der Waals surface area contributed by atoms with E-state index in [0.29, 0.717) is 32.3 Å². The van der Waals surface area contributed by atoms with Crippen LogP contribution < -0.4 is 19.1 Å². The zero-order chi connectivity index (χ0) is 29.9. The van der Waals surface area contributed by atoms with Gasteiger partial charge in [0.2, 0.25) is 0 Å². The number of aliphatic hydroxyl groups is 1. The monoisotopic (exact) mass is 579 g/mol. The van der Waals surface area contributed by atoms with Crippen molar-refractivity contribution < 1.29 is 24.1 Å². The molecule has 43 heavy (non-hydrogen) atoms. The van der Waals surface area contributed by atoms with Crippen LogP contribution in [0.25, 0.3) is 5.57 Å². The molecule has 0 heterocycles. The first-order valence-electron chi connectivity index (χ1n) is 14.9. The van der Waals surface area contributed by atoms with E-state index in [1.165, 1.54) is 12.8 Å². The number of benzene rings is 4. The normalized spacial score (nSPS) is 13.0. The number of ether oxygens (including phenoxy) is 4. The summed E-state index contributed by atoms with van der Waals surface area (Å²) in [5.41, 5.74) is 6.17. The minimum Gasteiger partial charge on any atom is -0.497 e. The molecule has 224 valence electrons. The molecule has 5 rings (SSSR count). The Morgan fingerprint density at radius 1 is 0.814 bits per heavy atom. The Morgan fingerprint density at radius 2 is 1.58 bits per heavy atom. The van der Waals surface area contributed by atoms with Crippen LogP contribution in [0.2, 0.25) is 0 Å². The molecule has 1 fully saturated rings. The van der Waals surface area contributed by atoms with Gasteiger partial charge in [-0.25, -0.2) is 0 Å². The van der Waals surface area contributed by atoms with Gasteiger partial charge >= 0.3 is 0 Å². The summed E-state index contributed by atoms with van der Waals surface area (Å²) >= 11 is 0. The fourth-order valence-electron chi connectivity index (χ4n) is 4.97. The number of hydrogen-bond donors (Lipinski definition) is 1. The molecular weight excluding hydrogens is 538 g/mol. The van der Waals surface area contributed by atoms with Gasteiger partial charge < -0.3 is 29.0 Å². The van der Waals surface area contributed by atoms with Crippen molar-refractivity contribution in [2.75, 3.05) is 45.5 Å². The Balaban J connectivity index is 1.36. The van der Waals surface area contributed by atoms with Crippen LogP contribution in [-0.2, 0) is 17.9 Å². The molecule has 0 aromatic heterocycles. The average Bonchev–Trinajstić information content (AvgIpc) is 3.88. The topological polar surface area (TPSA) is 60.4 Å². The number of hydrogen-bond acceptors (Lipinski definition) is 6. The van der Waals surface area contributed by atoms with Gasteiger partial charge in [0.25, 0.3) is 0 Å². The summed E-state index contributed by atoms with van der Waals surface area (Å²) in [6, 6.07) is 32.5. The van der Waals surface area contributed by atoms with E-state index >= 15 is 0 Å². The van der Waals surface area contributed by atoms with Crippen molar-refractivity contribution in [3.63, 3.8) is 0 Å². The third-order valence-electron chi connectivity index (χ3n) is 7.47. The van der Waals surface area contributed by atoms with Crippen molar-refractivity contribution in [1.82, 2.24) is 0 Å². The van der Waals surface area contributed by atoms with Crippen LogP contribution in [0.1, 0.15) is 35.1 Å². The molecule has 0 unspecified atom stereocenters. The first-order chi connectivity index (χ1) is 21.1. The van der Waals surface area contributed by atoms with E-state index in [2.05, 4.69) is 48.3 Å². The molecule has 0 amide bonds. The molecule has 0 saturated heterocycles. The van der Waals surface area contributed by atoms with Crippen molar-refractivity contribution >= 4 is 11.3 Å². The Labute approximate surface area is 255 Å². The van der Waals surface area contributed by atoms with Crippen LogP contribution >= 0.6 is 0 Å². The number of nitrogens with zero attached hydrogens (tertiary/aromatic N) is 1. The number of aliphatic hydroxyl groups excluding tert-OH is 1. The van der Waals surface area contributed by atoms with Crippen molar-refractivity contribution in [2.45, 2.75) is 26.0 Å². The summed E-state index contributed by atoms with van der Waals surface area (Å²) in [5.74, 6) is 3.12. The molecule has 1 saturated carbocycles. The molecule has 4 aromatic carbocycles. The van der Waals surface area contributed by atoms with E-state index in [9.17, 15) is 5.11 Å². The molecule has 0 atom stereocenters. The van der Waals surface area contributed by atoms with E-state index in [1.54, 1.807) is 7.11 Å². The summed E-state index contributed by atoms with van der Waals surface area (Å²) in [6.45, 7) is 2.81. The second-order valence-corrected chi connectivity index (χ2v) is 10.9. The SMILES string of the molecule is COc1cccc(CN(C)c2ccc(OCCOCc3ccccc3)cc2/C(=C/CO)c2ccc(OCC3CC3)cc2)c1. The van der Waals surface area contributed by atoms with Crippen LogP contribution in [0.3, 0.4) is 0 Å². The molecule has 0 radical (unpaired) electrons. The second kappa shape index (κ2) is 15.3. The average molecular weight is 580 g/mol. The lowest BCUT2D eigenvalue weighted by Crippen LogP contribution is -2.18. The lowest BCUT2D eigenvalue weighted by molar-refractivity contribution is 0.0889. The van der Waals surface area contributed by atoms with Gasteiger partial charge in [0.15, 0.2) is 0 Å². The number of rotatable bonds is 16. The summed E-state index contributed by atoms with van der Waals surface area (Å²) in [5, 5.41) is 10.1. The fourth-order valence-corrected chi connectivity index (χ4v) is 4.97. The Bertz CT molecular complexity index is 1460. The molecule has 4 aromatic rings. The zero-order valence-corrected chi connectivity index (χ0v) is 25.1. The molecule has 6 heteroatoms. The Morgan fingerprint density at radius 3 is 2.33 bits per heavy atom. The van der Waals surface area contributed by atoms with Gasteiger partial charge in [0, 0.05) is 24.8 Å². The Kier molecular flexibility index (Phi) is 10.7. The molecule has 0 spiro atoms. The third kappa shape index (κ3) is 8.87.